The Bertz CT molecular complexity index is 1600. The van der Waals surface area contributed by atoms with Gasteiger partial charge in [-0.1, -0.05) is 18.2 Å². The van der Waals surface area contributed by atoms with Crippen molar-refractivity contribution in [1.29, 1.82) is 0 Å². The molecule has 10 heteroatoms. The summed E-state index contributed by atoms with van der Waals surface area (Å²) < 4.78 is 23.2. The van der Waals surface area contributed by atoms with E-state index in [1.165, 1.54) is 12.1 Å². The van der Waals surface area contributed by atoms with Gasteiger partial charge in [-0.2, -0.15) is 0 Å². The lowest BCUT2D eigenvalue weighted by atomic mass is 10.0. The zero-order valence-corrected chi connectivity index (χ0v) is 19.0. The number of carbonyl (C=O) groups excluding carboxylic acids is 1. The Morgan fingerprint density at radius 3 is 2.71 bits per heavy atom. The third-order valence-electron chi connectivity index (χ3n) is 6.25. The predicted octanol–water partition coefficient (Wildman–Crippen LogP) is 3.14. The zero-order valence-electron chi connectivity index (χ0n) is 19.0. The summed E-state index contributed by atoms with van der Waals surface area (Å²) in [6, 6.07) is 12.0. The van der Waals surface area contributed by atoms with Crippen LogP contribution < -0.4 is 5.73 Å². The molecule has 0 radical (unpaired) electrons. The Morgan fingerprint density at radius 2 is 1.91 bits per heavy atom. The number of hydrogen-bond donors (Lipinski definition) is 1. The molecule has 2 aromatic carbocycles. The van der Waals surface area contributed by atoms with Crippen LogP contribution in [0.3, 0.4) is 0 Å². The molecule has 4 heterocycles. The van der Waals surface area contributed by atoms with Gasteiger partial charge in [0.15, 0.2) is 11.5 Å². The Hall–Kier alpha value is -4.31. The van der Waals surface area contributed by atoms with Gasteiger partial charge in [0.05, 0.1) is 42.0 Å². The van der Waals surface area contributed by atoms with Gasteiger partial charge in [-0.3, -0.25) is 9.20 Å². The molecule has 0 saturated carbocycles. The molecule has 2 N–H and O–H groups in total. The van der Waals surface area contributed by atoms with E-state index in [0.717, 1.165) is 16.6 Å². The predicted molar refractivity (Wildman–Crippen MR) is 129 cm³/mol. The van der Waals surface area contributed by atoms with Gasteiger partial charge in [-0.05, 0) is 24.3 Å². The highest BCUT2D eigenvalue weighted by Crippen LogP contribution is 2.35. The first-order chi connectivity index (χ1) is 17.0. The SMILES string of the molecule is Cn1cnc2ccc(-c3c(-c4cccc(F)c4)nc(N)c4nc(C(=O)N5CCOCC5)cn34)cc21. The second-order valence-electron chi connectivity index (χ2n) is 8.49. The van der Waals surface area contributed by atoms with Crippen molar-refractivity contribution in [2.45, 2.75) is 0 Å². The third-order valence-corrected chi connectivity index (χ3v) is 6.25. The Morgan fingerprint density at radius 1 is 1.09 bits per heavy atom. The minimum atomic E-state index is -0.384. The van der Waals surface area contributed by atoms with Crippen LogP contribution in [0.15, 0.2) is 55.0 Å². The lowest BCUT2D eigenvalue weighted by molar-refractivity contribution is 0.0299. The van der Waals surface area contributed by atoms with Crippen LogP contribution in [-0.4, -0.2) is 61.0 Å². The fourth-order valence-electron chi connectivity index (χ4n) is 4.49. The summed E-state index contributed by atoms with van der Waals surface area (Å²) in [5.41, 5.74) is 11.2. The first kappa shape index (κ1) is 21.2. The van der Waals surface area contributed by atoms with Crippen molar-refractivity contribution < 1.29 is 13.9 Å². The lowest BCUT2D eigenvalue weighted by Gasteiger charge is -2.25. The number of hydrogen-bond acceptors (Lipinski definition) is 6. The molecule has 0 unspecified atom stereocenters. The van der Waals surface area contributed by atoms with Gasteiger partial charge in [-0.15, -0.1) is 0 Å². The Balaban J connectivity index is 1.61. The number of imidazole rings is 2. The molecule has 1 aliphatic heterocycles. The molecule has 0 bridgehead atoms. The van der Waals surface area contributed by atoms with Crippen molar-refractivity contribution in [2.24, 2.45) is 7.05 Å². The van der Waals surface area contributed by atoms with Crippen LogP contribution in [0, 0.1) is 5.82 Å². The molecule has 1 saturated heterocycles. The minimum absolute atomic E-state index is 0.149. The van der Waals surface area contributed by atoms with E-state index in [2.05, 4.69) is 15.0 Å². The monoisotopic (exact) mass is 471 g/mol. The van der Waals surface area contributed by atoms with Gasteiger partial charge in [0.25, 0.3) is 5.91 Å². The van der Waals surface area contributed by atoms with Crippen LogP contribution in [0.2, 0.25) is 0 Å². The molecule has 3 aromatic heterocycles. The molecule has 1 aliphatic rings. The van der Waals surface area contributed by atoms with Crippen LogP contribution in [-0.2, 0) is 11.8 Å². The summed E-state index contributed by atoms with van der Waals surface area (Å²) in [4.78, 5) is 28.5. The normalized spacial score (nSPS) is 14.2. The number of halogens is 1. The van der Waals surface area contributed by atoms with Gasteiger partial charge in [0, 0.05) is 37.5 Å². The number of anilines is 1. The van der Waals surface area contributed by atoms with Crippen LogP contribution in [0.4, 0.5) is 10.2 Å². The number of nitrogens with two attached hydrogens (primary N) is 1. The quantitative estimate of drug-likeness (QED) is 0.434. The van der Waals surface area contributed by atoms with E-state index >= 15 is 0 Å². The highest BCUT2D eigenvalue weighted by molar-refractivity contribution is 5.95. The van der Waals surface area contributed by atoms with Gasteiger partial charge in [0.2, 0.25) is 0 Å². The summed E-state index contributed by atoms with van der Waals surface area (Å²) in [5, 5.41) is 0. The number of benzene rings is 2. The van der Waals surface area contributed by atoms with E-state index in [0.29, 0.717) is 48.9 Å². The average Bonchev–Trinajstić information content (AvgIpc) is 3.48. The van der Waals surface area contributed by atoms with E-state index in [-0.39, 0.29) is 23.2 Å². The van der Waals surface area contributed by atoms with Crippen molar-refractivity contribution in [2.75, 3.05) is 32.0 Å². The number of aromatic nitrogens is 5. The summed E-state index contributed by atoms with van der Waals surface area (Å²) in [6.45, 7) is 1.98. The van der Waals surface area contributed by atoms with Crippen LogP contribution in [0.5, 0.6) is 0 Å². The third kappa shape index (κ3) is 3.58. The van der Waals surface area contributed by atoms with E-state index in [9.17, 15) is 9.18 Å². The maximum atomic E-state index is 14.2. The summed E-state index contributed by atoms with van der Waals surface area (Å²) in [7, 11) is 1.92. The maximum absolute atomic E-state index is 14.2. The van der Waals surface area contributed by atoms with Gasteiger partial charge in [-0.25, -0.2) is 19.3 Å². The number of aryl methyl sites for hydroxylation is 1. The number of ether oxygens (including phenoxy) is 1. The first-order valence-corrected chi connectivity index (χ1v) is 11.2. The minimum Gasteiger partial charge on any atom is -0.381 e. The summed E-state index contributed by atoms with van der Waals surface area (Å²) in [5.74, 6) is -0.433. The summed E-state index contributed by atoms with van der Waals surface area (Å²) in [6.07, 6.45) is 3.42. The topological polar surface area (TPSA) is 104 Å². The molecule has 176 valence electrons. The molecule has 1 amide bonds. The van der Waals surface area contributed by atoms with Crippen LogP contribution >= 0.6 is 0 Å². The number of nitrogen functional groups attached to an aromatic ring is 1. The molecule has 6 rings (SSSR count). The number of fused-ring (bicyclic) bond motifs is 2. The van der Waals surface area contributed by atoms with E-state index in [1.807, 2.05) is 29.8 Å². The number of morpholine rings is 1. The van der Waals surface area contributed by atoms with E-state index < -0.39 is 0 Å². The van der Waals surface area contributed by atoms with Gasteiger partial charge >= 0.3 is 0 Å². The van der Waals surface area contributed by atoms with E-state index in [4.69, 9.17) is 10.5 Å². The fraction of sp³-hybridized carbons (Fsp3) is 0.200. The highest BCUT2D eigenvalue weighted by atomic mass is 19.1. The number of rotatable bonds is 3. The Labute approximate surface area is 199 Å². The molecule has 0 atom stereocenters. The molecule has 9 nitrogen and oxygen atoms in total. The molecule has 35 heavy (non-hydrogen) atoms. The first-order valence-electron chi connectivity index (χ1n) is 11.2. The molecule has 1 fully saturated rings. The largest absolute Gasteiger partial charge is 0.381 e. The molecular weight excluding hydrogens is 449 g/mol. The molecular formula is C25H22FN7O2. The molecule has 0 spiro atoms. The maximum Gasteiger partial charge on any atom is 0.274 e. The zero-order chi connectivity index (χ0) is 24.1. The van der Waals surface area contributed by atoms with Crippen molar-refractivity contribution >= 4 is 28.4 Å². The standard InChI is InChI=1S/C25H22FN7O2/c1-31-14-28-18-6-5-16(12-20(18)31)22-21(15-3-2-4-17(26)11-15)30-23(27)24-29-19(13-33(22)24)25(34)32-7-9-35-10-8-32/h2-6,11-14H,7-10H2,1H3,(H2,27,30). The smallest absolute Gasteiger partial charge is 0.274 e. The van der Waals surface area contributed by atoms with Crippen molar-refractivity contribution in [3.63, 3.8) is 0 Å². The van der Waals surface area contributed by atoms with E-state index in [1.54, 1.807) is 34.0 Å². The Kier molecular flexibility index (Phi) is 4.96. The average molecular weight is 471 g/mol. The van der Waals surface area contributed by atoms with Crippen LogP contribution in [0.1, 0.15) is 10.5 Å². The number of nitrogens with zero attached hydrogens (tertiary/aromatic N) is 6. The van der Waals surface area contributed by atoms with Crippen molar-refractivity contribution in [1.82, 2.24) is 28.8 Å². The molecule has 5 aromatic rings. The van der Waals surface area contributed by atoms with Crippen molar-refractivity contribution in [3.05, 3.63) is 66.5 Å². The highest BCUT2D eigenvalue weighted by Gasteiger charge is 2.25. The lowest BCUT2D eigenvalue weighted by Crippen LogP contribution is -2.40. The molecule has 0 aliphatic carbocycles. The summed E-state index contributed by atoms with van der Waals surface area (Å²) >= 11 is 0. The number of amides is 1. The second-order valence-corrected chi connectivity index (χ2v) is 8.49. The van der Waals surface area contributed by atoms with Gasteiger partial charge < -0.3 is 19.9 Å². The van der Waals surface area contributed by atoms with Gasteiger partial charge in [0.1, 0.15) is 11.5 Å². The van der Waals surface area contributed by atoms with Crippen molar-refractivity contribution in [3.8, 4) is 22.5 Å². The van der Waals surface area contributed by atoms with Crippen LogP contribution in [0.25, 0.3) is 39.2 Å². The fourth-order valence-corrected chi connectivity index (χ4v) is 4.49. The second kappa shape index (κ2) is 8.17. The number of carbonyl (C=O) groups is 1.